The molecule has 0 aliphatic carbocycles. The molecule has 1 aliphatic heterocycles. The Hall–Kier alpha value is -1.69. The third-order valence-corrected chi connectivity index (χ3v) is 6.41. The normalized spacial score (nSPS) is 19.7. The standard InChI is InChI=1S/C21H29N3OS/c1-16-10-12-24(13-11-16)18(19-9-6-14-26-19)15-23-20(25)21(2,22)17-7-4-3-5-8-17/h3-9,14,16,18H,10-13,15,22H2,1-2H3,(H,23,25). The van der Waals surface area contributed by atoms with Gasteiger partial charge in [-0.15, -0.1) is 11.3 Å². The first-order chi connectivity index (χ1) is 12.5. The Balaban J connectivity index is 1.69. The van der Waals surface area contributed by atoms with E-state index in [-0.39, 0.29) is 11.9 Å². The zero-order valence-electron chi connectivity index (χ0n) is 15.7. The van der Waals surface area contributed by atoms with Crippen molar-refractivity contribution in [1.29, 1.82) is 0 Å². The highest BCUT2D eigenvalue weighted by Crippen LogP contribution is 2.29. The molecule has 3 N–H and O–H groups in total. The van der Waals surface area contributed by atoms with Crippen molar-refractivity contribution in [3.63, 3.8) is 0 Å². The van der Waals surface area contributed by atoms with Gasteiger partial charge in [-0.25, -0.2) is 0 Å². The number of nitrogens with two attached hydrogens (primary N) is 1. The maximum absolute atomic E-state index is 12.8. The Morgan fingerprint density at radius 3 is 2.58 bits per heavy atom. The van der Waals surface area contributed by atoms with Gasteiger partial charge < -0.3 is 11.1 Å². The average molecular weight is 372 g/mol. The van der Waals surface area contributed by atoms with Gasteiger partial charge >= 0.3 is 0 Å². The number of piperidine rings is 1. The first kappa shape index (κ1) is 19.1. The minimum absolute atomic E-state index is 0.129. The van der Waals surface area contributed by atoms with Crippen LogP contribution < -0.4 is 11.1 Å². The highest BCUT2D eigenvalue weighted by Gasteiger charge is 2.32. The summed E-state index contributed by atoms with van der Waals surface area (Å²) in [7, 11) is 0. The van der Waals surface area contributed by atoms with Gasteiger partial charge in [0.1, 0.15) is 5.54 Å². The first-order valence-electron chi connectivity index (χ1n) is 9.38. The average Bonchev–Trinajstić information content (AvgIpc) is 3.18. The van der Waals surface area contributed by atoms with Crippen molar-refractivity contribution in [2.45, 2.75) is 38.3 Å². The van der Waals surface area contributed by atoms with Gasteiger partial charge in [-0.05, 0) is 55.8 Å². The topological polar surface area (TPSA) is 58.4 Å². The molecule has 2 atom stereocenters. The molecular weight excluding hydrogens is 342 g/mol. The van der Waals surface area contributed by atoms with E-state index in [1.807, 2.05) is 30.3 Å². The van der Waals surface area contributed by atoms with Crippen LogP contribution >= 0.6 is 11.3 Å². The van der Waals surface area contributed by atoms with Gasteiger partial charge in [0.25, 0.3) is 0 Å². The van der Waals surface area contributed by atoms with E-state index < -0.39 is 5.54 Å². The lowest BCUT2D eigenvalue weighted by molar-refractivity contribution is -0.126. The van der Waals surface area contributed by atoms with Gasteiger partial charge in [-0.2, -0.15) is 0 Å². The van der Waals surface area contributed by atoms with Crippen LogP contribution in [0.4, 0.5) is 0 Å². The summed E-state index contributed by atoms with van der Waals surface area (Å²) in [5.74, 6) is 0.658. The molecule has 2 heterocycles. The highest BCUT2D eigenvalue weighted by atomic mass is 32.1. The summed E-state index contributed by atoms with van der Waals surface area (Å²) in [6.07, 6.45) is 2.43. The Morgan fingerprint density at radius 2 is 1.96 bits per heavy atom. The van der Waals surface area contributed by atoms with Crippen molar-refractivity contribution in [1.82, 2.24) is 10.2 Å². The minimum Gasteiger partial charge on any atom is -0.352 e. The van der Waals surface area contributed by atoms with Crippen LogP contribution in [-0.2, 0) is 10.3 Å². The summed E-state index contributed by atoms with van der Waals surface area (Å²) in [4.78, 5) is 16.6. The van der Waals surface area contributed by atoms with E-state index in [9.17, 15) is 4.79 Å². The lowest BCUT2D eigenvalue weighted by Crippen LogP contribution is -2.51. The molecule has 0 saturated carbocycles. The van der Waals surface area contributed by atoms with Crippen molar-refractivity contribution in [3.8, 4) is 0 Å². The number of hydrogen-bond acceptors (Lipinski definition) is 4. The molecule has 0 radical (unpaired) electrons. The number of likely N-dealkylation sites (tertiary alicyclic amines) is 1. The summed E-state index contributed by atoms with van der Waals surface area (Å²) in [5.41, 5.74) is 6.16. The summed E-state index contributed by atoms with van der Waals surface area (Å²) >= 11 is 1.76. The fourth-order valence-corrected chi connectivity index (χ4v) is 4.38. The number of nitrogens with zero attached hydrogens (tertiary/aromatic N) is 1. The number of thiophene rings is 1. The van der Waals surface area contributed by atoms with E-state index >= 15 is 0 Å². The molecule has 140 valence electrons. The zero-order valence-corrected chi connectivity index (χ0v) is 16.5. The van der Waals surface area contributed by atoms with Gasteiger partial charge in [-0.3, -0.25) is 9.69 Å². The minimum atomic E-state index is -1.03. The molecule has 0 bridgehead atoms. The zero-order chi connectivity index (χ0) is 18.6. The van der Waals surface area contributed by atoms with Crippen molar-refractivity contribution in [2.75, 3.05) is 19.6 Å². The molecule has 5 heteroatoms. The highest BCUT2D eigenvalue weighted by molar-refractivity contribution is 7.10. The predicted octanol–water partition coefficient (Wildman–Crippen LogP) is 3.51. The Kier molecular flexibility index (Phi) is 6.12. The van der Waals surface area contributed by atoms with Gasteiger partial charge in [0, 0.05) is 11.4 Å². The number of carbonyl (C=O) groups excluding carboxylic acids is 1. The summed E-state index contributed by atoms with van der Waals surface area (Å²) in [6.45, 7) is 6.85. The van der Waals surface area contributed by atoms with E-state index in [2.05, 4.69) is 34.7 Å². The van der Waals surface area contributed by atoms with Gasteiger partial charge in [-0.1, -0.05) is 43.3 Å². The molecule has 1 saturated heterocycles. The van der Waals surface area contributed by atoms with Crippen LogP contribution in [-0.4, -0.2) is 30.4 Å². The number of hydrogen-bond donors (Lipinski definition) is 2. The predicted molar refractivity (Wildman–Crippen MR) is 108 cm³/mol. The molecule has 3 rings (SSSR count). The Labute approximate surface area is 160 Å². The molecule has 1 amide bonds. The maximum atomic E-state index is 12.8. The Bertz CT molecular complexity index is 691. The molecular formula is C21H29N3OS. The number of nitrogens with one attached hydrogen (secondary N) is 1. The molecule has 1 fully saturated rings. The van der Waals surface area contributed by atoms with Crippen LogP contribution in [0.15, 0.2) is 47.8 Å². The van der Waals surface area contributed by atoms with Crippen molar-refractivity contribution in [3.05, 3.63) is 58.3 Å². The van der Waals surface area contributed by atoms with Crippen LogP contribution in [0.2, 0.25) is 0 Å². The van der Waals surface area contributed by atoms with Gasteiger partial charge in [0.15, 0.2) is 0 Å². The van der Waals surface area contributed by atoms with Crippen LogP contribution in [0.5, 0.6) is 0 Å². The maximum Gasteiger partial charge on any atom is 0.244 e. The molecule has 1 aromatic carbocycles. The first-order valence-corrected chi connectivity index (χ1v) is 10.3. The Morgan fingerprint density at radius 1 is 1.27 bits per heavy atom. The molecule has 1 aromatic heterocycles. The van der Waals surface area contributed by atoms with Gasteiger partial charge in [0.2, 0.25) is 5.91 Å². The van der Waals surface area contributed by atoms with Crippen LogP contribution in [0.25, 0.3) is 0 Å². The third-order valence-electron chi connectivity index (χ3n) is 5.43. The van der Waals surface area contributed by atoms with E-state index in [4.69, 9.17) is 5.73 Å². The number of benzene rings is 1. The van der Waals surface area contributed by atoms with E-state index in [1.165, 1.54) is 17.7 Å². The molecule has 1 aliphatic rings. The van der Waals surface area contributed by atoms with E-state index in [0.29, 0.717) is 6.54 Å². The third kappa shape index (κ3) is 4.34. The fraction of sp³-hybridized carbons (Fsp3) is 0.476. The molecule has 0 spiro atoms. The quantitative estimate of drug-likeness (QED) is 0.817. The SMILES string of the molecule is CC1CCN(C(CNC(=O)C(C)(N)c2ccccc2)c2cccs2)CC1. The summed E-state index contributed by atoms with van der Waals surface area (Å²) in [6, 6.07) is 14.0. The number of rotatable bonds is 6. The molecule has 2 aromatic rings. The van der Waals surface area contributed by atoms with E-state index in [0.717, 1.165) is 24.6 Å². The second kappa shape index (κ2) is 8.33. The molecule has 26 heavy (non-hydrogen) atoms. The molecule has 2 unspecified atom stereocenters. The van der Waals surface area contributed by atoms with Crippen molar-refractivity contribution in [2.24, 2.45) is 11.7 Å². The van der Waals surface area contributed by atoms with Crippen molar-refractivity contribution < 1.29 is 4.79 Å². The monoisotopic (exact) mass is 371 g/mol. The molecule has 4 nitrogen and oxygen atoms in total. The second-order valence-electron chi connectivity index (χ2n) is 7.53. The fourth-order valence-electron chi connectivity index (χ4n) is 3.52. The smallest absolute Gasteiger partial charge is 0.244 e. The van der Waals surface area contributed by atoms with Crippen LogP contribution in [0.1, 0.15) is 43.2 Å². The summed E-state index contributed by atoms with van der Waals surface area (Å²) < 4.78 is 0. The van der Waals surface area contributed by atoms with Crippen molar-refractivity contribution >= 4 is 17.2 Å². The number of amides is 1. The largest absolute Gasteiger partial charge is 0.352 e. The van der Waals surface area contributed by atoms with Gasteiger partial charge in [0.05, 0.1) is 6.04 Å². The van der Waals surface area contributed by atoms with E-state index in [1.54, 1.807) is 18.3 Å². The second-order valence-corrected chi connectivity index (χ2v) is 8.51. The lowest BCUT2D eigenvalue weighted by Gasteiger charge is -2.37. The van der Waals surface area contributed by atoms with Crippen LogP contribution in [0, 0.1) is 5.92 Å². The summed E-state index contributed by atoms with van der Waals surface area (Å²) in [5, 5.41) is 5.22. The van der Waals surface area contributed by atoms with Crippen LogP contribution in [0.3, 0.4) is 0 Å². The number of carbonyl (C=O) groups is 1. The lowest BCUT2D eigenvalue weighted by atomic mass is 9.92.